The molecule has 0 bridgehead atoms. The second-order valence-electron chi connectivity index (χ2n) is 7.63. The zero-order chi connectivity index (χ0) is 21.1. The maximum absolute atomic E-state index is 13.0. The summed E-state index contributed by atoms with van der Waals surface area (Å²) in [5.74, 6) is 1.31. The van der Waals surface area contributed by atoms with E-state index < -0.39 is 6.10 Å². The summed E-state index contributed by atoms with van der Waals surface area (Å²) in [5, 5.41) is 4.51. The smallest absolute Gasteiger partial charge is 0.350 e. The Kier molecular flexibility index (Phi) is 5.70. The molecular weight excluding hydrogens is 380 g/mol. The predicted octanol–water partition coefficient (Wildman–Crippen LogP) is 2.74. The molecule has 2 atom stereocenters. The van der Waals surface area contributed by atoms with Gasteiger partial charge in [-0.15, -0.1) is 0 Å². The third-order valence-corrected chi connectivity index (χ3v) is 5.47. The Bertz CT molecular complexity index is 1060. The molecule has 0 N–H and O–H groups in total. The van der Waals surface area contributed by atoms with Crippen molar-refractivity contribution < 1.29 is 9.53 Å². The number of rotatable bonds is 5. The maximum atomic E-state index is 13.0. The van der Waals surface area contributed by atoms with Gasteiger partial charge in [0.25, 0.3) is 5.91 Å². The summed E-state index contributed by atoms with van der Waals surface area (Å²) in [6.45, 7) is 2.98. The molecule has 0 saturated carbocycles. The van der Waals surface area contributed by atoms with E-state index in [4.69, 9.17) is 4.74 Å². The fourth-order valence-corrected chi connectivity index (χ4v) is 3.97. The van der Waals surface area contributed by atoms with Gasteiger partial charge in [-0.3, -0.25) is 4.79 Å². The lowest BCUT2D eigenvalue weighted by Gasteiger charge is -2.33. The zero-order valence-corrected chi connectivity index (χ0v) is 17.3. The van der Waals surface area contributed by atoms with E-state index in [1.807, 2.05) is 65.6 Å². The van der Waals surface area contributed by atoms with E-state index in [9.17, 15) is 9.59 Å². The van der Waals surface area contributed by atoms with Crippen LogP contribution in [-0.4, -0.2) is 44.3 Å². The van der Waals surface area contributed by atoms with Gasteiger partial charge in [0.2, 0.25) is 0 Å². The van der Waals surface area contributed by atoms with Crippen LogP contribution >= 0.6 is 0 Å². The molecule has 2 heterocycles. The van der Waals surface area contributed by atoms with Crippen molar-refractivity contribution in [2.24, 2.45) is 7.05 Å². The number of hydrogen-bond donors (Lipinski definition) is 0. The number of carbonyl (C=O) groups is 1. The van der Waals surface area contributed by atoms with Gasteiger partial charge in [0, 0.05) is 26.1 Å². The molecule has 30 heavy (non-hydrogen) atoms. The van der Waals surface area contributed by atoms with E-state index in [0.29, 0.717) is 24.7 Å². The zero-order valence-electron chi connectivity index (χ0n) is 17.3. The van der Waals surface area contributed by atoms with Gasteiger partial charge in [-0.1, -0.05) is 36.4 Å². The van der Waals surface area contributed by atoms with Crippen LogP contribution in [0.5, 0.6) is 5.75 Å². The maximum Gasteiger partial charge on any atom is 0.350 e. The van der Waals surface area contributed by atoms with Gasteiger partial charge >= 0.3 is 5.69 Å². The van der Waals surface area contributed by atoms with Crippen molar-refractivity contribution in [2.45, 2.75) is 31.8 Å². The molecule has 2 unspecified atom stereocenters. The molecule has 1 saturated heterocycles. The molecule has 1 fully saturated rings. The van der Waals surface area contributed by atoms with E-state index in [1.165, 1.54) is 4.68 Å². The third kappa shape index (κ3) is 4.01. The molecular formula is C23H26N4O3. The number of benzene rings is 2. The average Bonchev–Trinajstić information content (AvgIpc) is 3.09. The van der Waals surface area contributed by atoms with Crippen LogP contribution in [0.3, 0.4) is 0 Å². The summed E-state index contributed by atoms with van der Waals surface area (Å²) in [6.07, 6.45) is 1.15. The fourth-order valence-electron chi connectivity index (χ4n) is 3.97. The lowest BCUT2D eigenvalue weighted by molar-refractivity contribution is -0.139. The Morgan fingerprint density at radius 2 is 1.77 bits per heavy atom. The first-order valence-electron chi connectivity index (χ1n) is 10.3. The summed E-state index contributed by atoms with van der Waals surface area (Å²) in [7, 11) is 1.66. The molecule has 1 aliphatic heterocycles. The molecule has 0 radical (unpaired) electrons. The van der Waals surface area contributed by atoms with Crippen molar-refractivity contribution in [3.63, 3.8) is 0 Å². The molecule has 1 aromatic heterocycles. The van der Waals surface area contributed by atoms with Crippen LogP contribution in [0.2, 0.25) is 0 Å². The topological polar surface area (TPSA) is 69.4 Å². The SMILES string of the molecule is CC(Oc1ccccc1)C(=O)N1CCCC(c2nn(C)c(=O)n2-c2ccccc2)C1. The number of piperidine rings is 1. The van der Waals surface area contributed by atoms with E-state index in [-0.39, 0.29) is 17.5 Å². The van der Waals surface area contributed by atoms with Crippen LogP contribution < -0.4 is 10.4 Å². The first kappa shape index (κ1) is 19.9. The molecule has 156 valence electrons. The van der Waals surface area contributed by atoms with Crippen molar-refractivity contribution in [1.29, 1.82) is 0 Å². The number of para-hydroxylation sites is 2. The summed E-state index contributed by atoms with van der Waals surface area (Å²) in [4.78, 5) is 27.6. The highest BCUT2D eigenvalue weighted by Gasteiger charge is 2.32. The number of likely N-dealkylation sites (tertiary alicyclic amines) is 1. The number of aromatic nitrogens is 3. The lowest BCUT2D eigenvalue weighted by Crippen LogP contribution is -2.45. The molecule has 3 aromatic rings. The van der Waals surface area contributed by atoms with E-state index in [0.717, 1.165) is 18.5 Å². The number of ether oxygens (including phenoxy) is 1. The largest absolute Gasteiger partial charge is 0.481 e. The minimum atomic E-state index is -0.578. The molecule has 7 heteroatoms. The van der Waals surface area contributed by atoms with E-state index in [1.54, 1.807) is 18.5 Å². The Hall–Kier alpha value is -3.35. The monoisotopic (exact) mass is 406 g/mol. The van der Waals surface area contributed by atoms with Crippen LogP contribution in [0.25, 0.3) is 5.69 Å². The van der Waals surface area contributed by atoms with E-state index in [2.05, 4.69) is 5.10 Å². The van der Waals surface area contributed by atoms with Crippen LogP contribution in [-0.2, 0) is 11.8 Å². The number of carbonyl (C=O) groups excluding carboxylic acids is 1. The molecule has 1 amide bonds. The summed E-state index contributed by atoms with van der Waals surface area (Å²) in [6, 6.07) is 18.9. The third-order valence-electron chi connectivity index (χ3n) is 5.47. The van der Waals surface area contributed by atoms with Gasteiger partial charge in [0.1, 0.15) is 11.6 Å². The van der Waals surface area contributed by atoms with Crippen LogP contribution in [0.1, 0.15) is 31.5 Å². The molecule has 0 spiro atoms. The molecule has 2 aromatic carbocycles. The summed E-state index contributed by atoms with van der Waals surface area (Å²) < 4.78 is 8.84. The first-order chi connectivity index (χ1) is 14.5. The number of nitrogens with zero attached hydrogens (tertiary/aromatic N) is 4. The van der Waals surface area contributed by atoms with Crippen molar-refractivity contribution in [3.8, 4) is 11.4 Å². The molecule has 1 aliphatic rings. The minimum Gasteiger partial charge on any atom is -0.481 e. The minimum absolute atomic E-state index is 0.0132. The molecule has 4 rings (SSSR count). The highest BCUT2D eigenvalue weighted by Crippen LogP contribution is 2.27. The lowest BCUT2D eigenvalue weighted by atomic mass is 9.96. The second-order valence-corrected chi connectivity index (χ2v) is 7.63. The van der Waals surface area contributed by atoms with Crippen molar-refractivity contribution in [1.82, 2.24) is 19.2 Å². The number of amides is 1. The first-order valence-corrected chi connectivity index (χ1v) is 10.3. The van der Waals surface area contributed by atoms with Crippen molar-refractivity contribution in [3.05, 3.63) is 77.0 Å². The van der Waals surface area contributed by atoms with Gasteiger partial charge in [0.15, 0.2) is 6.10 Å². The fraction of sp³-hybridized carbons (Fsp3) is 0.348. The van der Waals surface area contributed by atoms with Gasteiger partial charge in [0.05, 0.1) is 5.69 Å². The van der Waals surface area contributed by atoms with Gasteiger partial charge in [-0.05, 0) is 44.0 Å². The Labute approximate surface area is 175 Å². The molecule has 0 aliphatic carbocycles. The van der Waals surface area contributed by atoms with Gasteiger partial charge in [-0.2, -0.15) is 5.10 Å². The standard InChI is InChI=1S/C23H26N4O3/c1-17(30-20-13-7-4-8-14-20)22(28)26-15-9-10-18(16-26)21-24-25(2)23(29)27(21)19-11-5-3-6-12-19/h3-8,11-14,17-18H,9-10,15-16H2,1-2H3. The van der Waals surface area contributed by atoms with Crippen molar-refractivity contribution in [2.75, 3.05) is 13.1 Å². The predicted molar refractivity (Wildman–Crippen MR) is 114 cm³/mol. The Morgan fingerprint density at radius 3 is 2.47 bits per heavy atom. The number of hydrogen-bond acceptors (Lipinski definition) is 4. The van der Waals surface area contributed by atoms with Gasteiger partial charge in [-0.25, -0.2) is 14.0 Å². The van der Waals surface area contributed by atoms with Crippen molar-refractivity contribution >= 4 is 5.91 Å². The van der Waals surface area contributed by atoms with Gasteiger partial charge < -0.3 is 9.64 Å². The second kappa shape index (κ2) is 8.57. The summed E-state index contributed by atoms with van der Waals surface area (Å²) >= 11 is 0. The van der Waals surface area contributed by atoms with Crippen LogP contribution in [0, 0.1) is 0 Å². The average molecular weight is 406 g/mol. The summed E-state index contributed by atoms with van der Waals surface area (Å²) in [5.41, 5.74) is 0.607. The number of aryl methyl sites for hydroxylation is 1. The van der Waals surface area contributed by atoms with Crippen LogP contribution in [0.4, 0.5) is 0 Å². The normalized spacial score (nSPS) is 17.5. The van der Waals surface area contributed by atoms with E-state index >= 15 is 0 Å². The quantitative estimate of drug-likeness (QED) is 0.653. The highest BCUT2D eigenvalue weighted by molar-refractivity contribution is 5.81. The molecule has 7 nitrogen and oxygen atoms in total. The van der Waals surface area contributed by atoms with Crippen LogP contribution in [0.15, 0.2) is 65.5 Å². The Morgan fingerprint density at radius 1 is 1.10 bits per heavy atom. The highest BCUT2D eigenvalue weighted by atomic mass is 16.5. The Balaban J connectivity index is 1.54.